The van der Waals surface area contributed by atoms with Gasteiger partial charge in [0, 0.05) is 6.61 Å². The number of carboxylic acid groups (broad SMARTS) is 3. The van der Waals surface area contributed by atoms with E-state index in [1.807, 2.05) is 0 Å². The fourth-order valence-electron chi connectivity index (χ4n) is 5.28. The van der Waals surface area contributed by atoms with E-state index in [1.165, 1.54) is 0 Å². The molecule has 0 spiro atoms. The molecule has 318 valence electrons. The molecule has 15 nitrogen and oxygen atoms in total. The smallest absolute Gasteiger partial charge is 0.546 e. The molecule has 0 saturated carbocycles. The summed E-state index contributed by atoms with van der Waals surface area (Å²) in [6.45, 7) is 1.93. The second-order valence-corrected chi connectivity index (χ2v) is 11.5. The minimum absolute atomic E-state index is 0. The Bertz CT molecular complexity index is 1670. The van der Waals surface area contributed by atoms with Crippen molar-refractivity contribution in [3.63, 3.8) is 0 Å². The van der Waals surface area contributed by atoms with Gasteiger partial charge in [-0.2, -0.15) is 0 Å². The number of aliphatic hydroxyl groups is 4. The first-order valence-electron chi connectivity index (χ1n) is 16.6. The van der Waals surface area contributed by atoms with Crippen molar-refractivity contribution in [2.24, 2.45) is 0 Å². The van der Waals surface area contributed by atoms with E-state index in [4.69, 9.17) is 5.11 Å². The van der Waals surface area contributed by atoms with E-state index in [2.05, 4.69) is 0 Å². The van der Waals surface area contributed by atoms with Crippen LogP contribution in [0.3, 0.4) is 0 Å². The molecule has 6 aromatic carbocycles. The Morgan fingerprint density at radius 2 is 0.467 bits per heavy atom. The molecule has 60 heavy (non-hydrogen) atoms. The van der Waals surface area contributed by atoms with Crippen molar-refractivity contribution in [1.29, 1.82) is 0 Å². The molecule has 6 aromatic rings. The van der Waals surface area contributed by atoms with Crippen molar-refractivity contribution in [2.75, 3.05) is 6.61 Å². The third-order valence-corrected chi connectivity index (χ3v) is 8.04. The summed E-state index contributed by atoms with van der Waals surface area (Å²) in [6.07, 6.45) is 0. The van der Waals surface area contributed by atoms with Crippen LogP contribution in [0.5, 0.6) is 0 Å². The van der Waals surface area contributed by atoms with Crippen LogP contribution < -0.4 is 15.3 Å². The SMILES string of the molecule is CCO.O.O.O.O.O.O=C([O-])C(O)(c1ccccc1)c1ccccc1.O=C([O-])C(O)(c1ccccc1)c1ccccc1.O=C([O-])C(O)(c1ccccc1)c1ccccc1.[Al+3]. The zero-order valence-corrected chi connectivity index (χ0v) is 33.5. The molecular formula is C44H49AlO15. The largest absolute Gasteiger partial charge is 3.00 e. The molecule has 14 N–H and O–H groups in total. The Labute approximate surface area is 357 Å². The van der Waals surface area contributed by atoms with Gasteiger partial charge in [0.1, 0.15) is 0 Å². The molecule has 0 heterocycles. The number of carboxylic acids is 3. The summed E-state index contributed by atoms with van der Waals surface area (Å²) in [5, 5.41) is 72.5. The van der Waals surface area contributed by atoms with Crippen LogP contribution in [-0.2, 0) is 31.2 Å². The Balaban J connectivity index is -0.000000361. The molecule has 0 aromatic heterocycles. The number of carbonyl (C=O) groups is 3. The summed E-state index contributed by atoms with van der Waals surface area (Å²) in [5.74, 6) is -4.60. The zero-order chi connectivity index (χ0) is 39.6. The predicted octanol–water partition coefficient (Wildman–Crippen LogP) is -2.49. The molecular weight excluding hydrogens is 795 g/mol. The number of aliphatic hydroxyl groups excluding tert-OH is 1. The third-order valence-electron chi connectivity index (χ3n) is 8.04. The Hall–Kier alpha value is -6.10. The van der Waals surface area contributed by atoms with E-state index in [1.54, 1.807) is 189 Å². The topological polar surface area (TPSA) is 359 Å². The van der Waals surface area contributed by atoms with Gasteiger partial charge < -0.3 is 77.5 Å². The van der Waals surface area contributed by atoms with E-state index in [0.29, 0.717) is 0 Å². The van der Waals surface area contributed by atoms with Gasteiger partial charge in [-0.25, -0.2) is 0 Å². The fraction of sp³-hybridized carbons (Fsp3) is 0.114. The average Bonchev–Trinajstić information content (AvgIpc) is 3.22. The minimum Gasteiger partial charge on any atom is -0.546 e. The quantitative estimate of drug-likeness (QED) is 0.111. The van der Waals surface area contributed by atoms with Crippen molar-refractivity contribution in [2.45, 2.75) is 23.7 Å². The number of carbonyl (C=O) groups excluding carboxylic acids is 3. The number of aliphatic carboxylic acids is 3. The predicted molar refractivity (Wildman–Crippen MR) is 219 cm³/mol. The van der Waals surface area contributed by atoms with Gasteiger partial charge in [0.25, 0.3) is 0 Å². The standard InChI is InChI=1S/3C14H12O3.C2H6O.Al.5H2O/c3*15-13(16)14(17,11-7-3-1-4-8-11)12-9-5-2-6-10-12;1-2-3;;;;;;/h3*1-10,17H,(H,15,16);3H,2H2,1H3;;5*1H2/q;;;;+3;;;;;/p-3. The van der Waals surface area contributed by atoms with Gasteiger partial charge >= 0.3 is 17.4 Å². The van der Waals surface area contributed by atoms with E-state index in [9.17, 15) is 45.0 Å². The second kappa shape index (κ2) is 29.2. The molecule has 0 saturated heterocycles. The molecule has 16 heteroatoms. The zero-order valence-electron chi connectivity index (χ0n) is 32.3. The monoisotopic (exact) mass is 844 g/mol. The van der Waals surface area contributed by atoms with Crippen LogP contribution in [0.25, 0.3) is 0 Å². The Morgan fingerprint density at radius 1 is 0.367 bits per heavy atom. The summed E-state index contributed by atoms with van der Waals surface area (Å²) >= 11 is 0. The minimum atomic E-state index is -2.11. The first kappa shape index (κ1) is 60.6. The third kappa shape index (κ3) is 14.6. The molecule has 0 aliphatic carbocycles. The van der Waals surface area contributed by atoms with E-state index >= 15 is 0 Å². The van der Waals surface area contributed by atoms with Crippen LogP contribution in [0.2, 0.25) is 0 Å². The second-order valence-electron chi connectivity index (χ2n) is 11.5. The van der Waals surface area contributed by atoms with E-state index < -0.39 is 34.7 Å². The Morgan fingerprint density at radius 3 is 0.550 bits per heavy atom. The maximum Gasteiger partial charge on any atom is 3.00 e. The summed E-state index contributed by atoms with van der Waals surface area (Å²) < 4.78 is 0. The van der Waals surface area contributed by atoms with Crippen molar-refractivity contribution in [1.82, 2.24) is 0 Å². The molecule has 0 aliphatic rings. The maximum absolute atomic E-state index is 11.3. The van der Waals surface area contributed by atoms with Gasteiger partial charge in [0.15, 0.2) is 16.8 Å². The summed E-state index contributed by atoms with van der Waals surface area (Å²) in [6, 6.07) is 49.3. The van der Waals surface area contributed by atoms with Gasteiger partial charge in [-0.15, -0.1) is 0 Å². The number of benzene rings is 6. The summed E-state index contributed by atoms with van der Waals surface area (Å²) in [5.41, 5.74) is -4.62. The van der Waals surface area contributed by atoms with Gasteiger partial charge in [-0.3, -0.25) is 0 Å². The number of rotatable bonds is 9. The van der Waals surface area contributed by atoms with Crippen LogP contribution in [0.4, 0.5) is 0 Å². The summed E-state index contributed by atoms with van der Waals surface area (Å²) in [7, 11) is 0. The van der Waals surface area contributed by atoms with Crippen LogP contribution in [0.15, 0.2) is 182 Å². The molecule has 0 bridgehead atoms. The van der Waals surface area contributed by atoms with Crippen LogP contribution in [-0.4, -0.2) is 89.7 Å². The molecule has 0 amide bonds. The van der Waals surface area contributed by atoms with Gasteiger partial charge in [-0.05, 0) is 40.3 Å². The molecule has 6 rings (SSSR count). The summed E-state index contributed by atoms with van der Waals surface area (Å²) in [4.78, 5) is 33.8. The average molecular weight is 845 g/mol. The van der Waals surface area contributed by atoms with Crippen LogP contribution in [0.1, 0.15) is 40.3 Å². The molecule has 0 radical (unpaired) electrons. The van der Waals surface area contributed by atoms with Gasteiger partial charge in [0.2, 0.25) is 0 Å². The fourth-order valence-corrected chi connectivity index (χ4v) is 5.28. The molecule has 0 unspecified atom stereocenters. The first-order chi connectivity index (χ1) is 25.9. The van der Waals surface area contributed by atoms with Gasteiger partial charge in [0.05, 0.1) is 17.9 Å². The van der Waals surface area contributed by atoms with Crippen LogP contribution in [0, 0.1) is 0 Å². The first-order valence-corrected chi connectivity index (χ1v) is 16.6. The number of hydrogen-bond acceptors (Lipinski definition) is 10. The number of hydrogen-bond donors (Lipinski definition) is 4. The van der Waals surface area contributed by atoms with E-state index in [0.717, 1.165) is 0 Å². The molecule has 0 atom stereocenters. The van der Waals surface area contributed by atoms with Crippen molar-refractivity contribution >= 4 is 35.3 Å². The van der Waals surface area contributed by atoms with Crippen molar-refractivity contribution in [3.8, 4) is 0 Å². The van der Waals surface area contributed by atoms with E-state index in [-0.39, 0.29) is 84.7 Å². The van der Waals surface area contributed by atoms with Gasteiger partial charge in [-0.1, -0.05) is 182 Å². The van der Waals surface area contributed by atoms with Crippen molar-refractivity contribution in [3.05, 3.63) is 215 Å². The maximum atomic E-state index is 11.3. The van der Waals surface area contributed by atoms with Crippen LogP contribution >= 0.6 is 0 Å². The Kier molecular flexibility index (Phi) is 29.4. The molecule has 0 aliphatic heterocycles. The molecule has 0 fully saturated rings. The van der Waals surface area contributed by atoms with Crippen molar-refractivity contribution < 1.29 is 77.5 Å². The normalized spacial score (nSPS) is 9.75.